The number of nitrogens with zero attached hydrogens (tertiary/aromatic N) is 2. The van der Waals surface area contributed by atoms with E-state index in [0.29, 0.717) is 19.0 Å². The smallest absolute Gasteiger partial charge is 0.223 e. The Bertz CT molecular complexity index is 407. The summed E-state index contributed by atoms with van der Waals surface area (Å²) in [6.07, 6.45) is 2.65. The first-order valence-electron chi connectivity index (χ1n) is 6.98. The van der Waals surface area contributed by atoms with Gasteiger partial charge in [-0.05, 0) is 25.0 Å². The largest absolute Gasteiger partial charge is 0.369 e. The van der Waals surface area contributed by atoms with Crippen molar-refractivity contribution in [1.82, 2.24) is 4.90 Å². The van der Waals surface area contributed by atoms with Crippen molar-refractivity contribution in [1.29, 1.82) is 0 Å². The van der Waals surface area contributed by atoms with Crippen LogP contribution in [-0.2, 0) is 4.79 Å². The third kappa shape index (κ3) is 3.47. The Kier molecular flexibility index (Phi) is 4.80. The summed E-state index contributed by atoms with van der Waals surface area (Å²) in [4.78, 5) is 16.2. The maximum absolute atomic E-state index is 11.9. The second-order valence-corrected chi connectivity index (χ2v) is 5.12. The lowest BCUT2D eigenvalue weighted by Crippen LogP contribution is -2.48. The number of hydrogen-bond donors (Lipinski definition) is 1. The topological polar surface area (TPSA) is 49.6 Å². The van der Waals surface area contributed by atoms with Crippen molar-refractivity contribution >= 4 is 11.6 Å². The van der Waals surface area contributed by atoms with Gasteiger partial charge in [0.1, 0.15) is 0 Å². The third-order valence-corrected chi connectivity index (χ3v) is 3.82. The highest BCUT2D eigenvalue weighted by Gasteiger charge is 2.25. The molecule has 0 radical (unpaired) electrons. The molecule has 19 heavy (non-hydrogen) atoms. The molecule has 2 rings (SSSR count). The number of carbonyl (C=O) groups excluding carboxylic acids is 1. The molecule has 4 heteroatoms. The van der Waals surface area contributed by atoms with Gasteiger partial charge in [0.25, 0.3) is 0 Å². The Morgan fingerprint density at radius 2 is 2.16 bits per heavy atom. The summed E-state index contributed by atoms with van der Waals surface area (Å²) in [5, 5.41) is 0. The molecular weight excluding hydrogens is 238 g/mol. The highest BCUT2D eigenvalue weighted by molar-refractivity contribution is 5.76. The number of likely N-dealkylation sites (N-methyl/N-ethyl adjacent to an activating group) is 1. The lowest BCUT2D eigenvalue weighted by Gasteiger charge is -2.38. The summed E-state index contributed by atoms with van der Waals surface area (Å²) >= 11 is 0. The quantitative estimate of drug-likeness (QED) is 0.892. The van der Waals surface area contributed by atoms with Gasteiger partial charge < -0.3 is 15.5 Å². The Morgan fingerprint density at radius 3 is 2.84 bits per heavy atom. The second kappa shape index (κ2) is 6.57. The summed E-state index contributed by atoms with van der Waals surface area (Å²) in [6.45, 7) is 2.41. The van der Waals surface area contributed by atoms with E-state index in [1.54, 1.807) is 0 Å². The van der Waals surface area contributed by atoms with Gasteiger partial charge in [-0.15, -0.1) is 0 Å². The van der Waals surface area contributed by atoms with E-state index in [2.05, 4.69) is 29.2 Å². The van der Waals surface area contributed by atoms with E-state index >= 15 is 0 Å². The molecular formula is C15H23N3O. The van der Waals surface area contributed by atoms with Crippen LogP contribution in [-0.4, -0.2) is 43.5 Å². The first-order chi connectivity index (χ1) is 9.22. The predicted molar refractivity (Wildman–Crippen MR) is 78.1 cm³/mol. The van der Waals surface area contributed by atoms with Gasteiger partial charge in [0, 0.05) is 44.8 Å². The van der Waals surface area contributed by atoms with E-state index in [1.165, 1.54) is 5.69 Å². The Balaban J connectivity index is 1.99. The van der Waals surface area contributed by atoms with E-state index in [4.69, 9.17) is 5.73 Å². The van der Waals surface area contributed by atoms with Gasteiger partial charge in [-0.2, -0.15) is 0 Å². The molecule has 1 aromatic carbocycles. The Hall–Kier alpha value is -1.55. The standard InChI is InChI=1S/C15H23N3O/c1-17(15(19)9-10-16)14-8-5-11-18(12-14)13-6-3-2-4-7-13/h2-4,6-7,14H,5,8-12,16H2,1H3. The molecule has 1 unspecified atom stereocenters. The number of para-hydroxylation sites is 1. The fourth-order valence-electron chi connectivity index (χ4n) is 2.65. The van der Waals surface area contributed by atoms with Crippen molar-refractivity contribution < 1.29 is 4.79 Å². The molecule has 1 aromatic rings. The van der Waals surface area contributed by atoms with Gasteiger partial charge in [0.15, 0.2) is 0 Å². The molecule has 1 amide bonds. The maximum atomic E-state index is 11.9. The predicted octanol–water partition coefficient (Wildman–Crippen LogP) is 1.46. The van der Waals surface area contributed by atoms with Crippen molar-refractivity contribution in [3.05, 3.63) is 30.3 Å². The fourth-order valence-corrected chi connectivity index (χ4v) is 2.65. The van der Waals surface area contributed by atoms with Crippen LogP contribution in [0.3, 0.4) is 0 Å². The monoisotopic (exact) mass is 261 g/mol. The lowest BCUT2D eigenvalue weighted by molar-refractivity contribution is -0.131. The molecule has 0 saturated carbocycles. The minimum absolute atomic E-state index is 0.155. The molecule has 0 aliphatic carbocycles. The molecule has 1 fully saturated rings. The molecule has 0 bridgehead atoms. The van der Waals surface area contributed by atoms with Crippen LogP contribution in [0.25, 0.3) is 0 Å². The van der Waals surface area contributed by atoms with Crippen LogP contribution in [0.1, 0.15) is 19.3 Å². The highest BCUT2D eigenvalue weighted by Crippen LogP contribution is 2.21. The summed E-state index contributed by atoms with van der Waals surface area (Å²) in [6, 6.07) is 10.7. The van der Waals surface area contributed by atoms with Crippen LogP contribution in [0, 0.1) is 0 Å². The number of benzene rings is 1. The van der Waals surface area contributed by atoms with Crippen LogP contribution in [0.2, 0.25) is 0 Å². The van der Waals surface area contributed by atoms with E-state index in [1.807, 2.05) is 18.0 Å². The zero-order valence-electron chi connectivity index (χ0n) is 11.6. The first-order valence-corrected chi connectivity index (χ1v) is 6.98. The molecule has 2 N–H and O–H groups in total. The van der Waals surface area contributed by atoms with Gasteiger partial charge in [-0.25, -0.2) is 0 Å². The summed E-state index contributed by atoms with van der Waals surface area (Å²) in [5.41, 5.74) is 6.70. The van der Waals surface area contributed by atoms with Gasteiger partial charge in [0.2, 0.25) is 5.91 Å². The average molecular weight is 261 g/mol. The van der Waals surface area contributed by atoms with Gasteiger partial charge >= 0.3 is 0 Å². The van der Waals surface area contributed by atoms with Crippen LogP contribution < -0.4 is 10.6 Å². The number of carbonyl (C=O) groups is 1. The molecule has 0 aromatic heterocycles. The molecule has 1 atom stereocenters. The average Bonchev–Trinajstić information content (AvgIpc) is 2.48. The number of anilines is 1. The molecule has 1 aliphatic heterocycles. The summed E-state index contributed by atoms with van der Waals surface area (Å²) < 4.78 is 0. The SMILES string of the molecule is CN(C(=O)CCN)C1CCCN(c2ccccc2)C1. The number of amides is 1. The summed E-state index contributed by atoms with van der Waals surface area (Å²) in [7, 11) is 1.90. The third-order valence-electron chi connectivity index (χ3n) is 3.82. The molecule has 1 aliphatic rings. The molecule has 1 heterocycles. The number of nitrogens with two attached hydrogens (primary N) is 1. The fraction of sp³-hybridized carbons (Fsp3) is 0.533. The van der Waals surface area contributed by atoms with Crippen molar-refractivity contribution in [2.24, 2.45) is 5.73 Å². The van der Waals surface area contributed by atoms with Gasteiger partial charge in [-0.1, -0.05) is 18.2 Å². The Labute approximate surface area is 115 Å². The highest BCUT2D eigenvalue weighted by atomic mass is 16.2. The van der Waals surface area contributed by atoms with Crippen LogP contribution in [0.4, 0.5) is 5.69 Å². The van der Waals surface area contributed by atoms with Crippen molar-refractivity contribution in [3.63, 3.8) is 0 Å². The van der Waals surface area contributed by atoms with Crippen molar-refractivity contribution in [2.45, 2.75) is 25.3 Å². The second-order valence-electron chi connectivity index (χ2n) is 5.12. The van der Waals surface area contributed by atoms with Crippen LogP contribution in [0.5, 0.6) is 0 Å². The van der Waals surface area contributed by atoms with Gasteiger partial charge in [0.05, 0.1) is 0 Å². The minimum Gasteiger partial charge on any atom is -0.369 e. The van der Waals surface area contributed by atoms with Crippen LogP contribution >= 0.6 is 0 Å². The normalized spacial score (nSPS) is 19.3. The number of piperidine rings is 1. The van der Waals surface area contributed by atoms with E-state index < -0.39 is 0 Å². The van der Waals surface area contributed by atoms with Crippen molar-refractivity contribution in [2.75, 3.05) is 31.6 Å². The zero-order chi connectivity index (χ0) is 13.7. The molecule has 0 spiro atoms. The molecule has 4 nitrogen and oxygen atoms in total. The number of rotatable bonds is 4. The van der Waals surface area contributed by atoms with Gasteiger partial charge in [-0.3, -0.25) is 4.79 Å². The number of hydrogen-bond acceptors (Lipinski definition) is 3. The zero-order valence-corrected chi connectivity index (χ0v) is 11.6. The molecule has 1 saturated heterocycles. The first kappa shape index (κ1) is 13.9. The molecule has 104 valence electrons. The summed E-state index contributed by atoms with van der Waals surface area (Å²) in [5.74, 6) is 0.155. The minimum atomic E-state index is 0.155. The van der Waals surface area contributed by atoms with Crippen molar-refractivity contribution in [3.8, 4) is 0 Å². The lowest BCUT2D eigenvalue weighted by atomic mass is 10.0. The van der Waals surface area contributed by atoms with E-state index in [9.17, 15) is 4.79 Å². The van der Waals surface area contributed by atoms with E-state index in [-0.39, 0.29) is 5.91 Å². The maximum Gasteiger partial charge on any atom is 0.223 e. The Morgan fingerprint density at radius 1 is 1.42 bits per heavy atom. The van der Waals surface area contributed by atoms with Crippen LogP contribution in [0.15, 0.2) is 30.3 Å². The van der Waals surface area contributed by atoms with E-state index in [0.717, 1.165) is 25.9 Å².